The number of nitrogens with one attached hydrogen (secondary N) is 2. The average Bonchev–Trinajstić information content (AvgIpc) is 3.48. The second kappa shape index (κ2) is 8.13. The minimum absolute atomic E-state index is 0.0184. The van der Waals surface area contributed by atoms with Crippen LogP contribution in [0.5, 0.6) is 0 Å². The van der Waals surface area contributed by atoms with Crippen LogP contribution >= 0.6 is 0 Å². The number of rotatable bonds is 6. The van der Waals surface area contributed by atoms with Gasteiger partial charge in [-0.1, -0.05) is 36.4 Å². The summed E-state index contributed by atoms with van der Waals surface area (Å²) in [5, 5.41) is 7.63. The van der Waals surface area contributed by atoms with Gasteiger partial charge in [-0.15, -0.1) is 0 Å². The van der Waals surface area contributed by atoms with Crippen molar-refractivity contribution < 1.29 is 9.18 Å². The number of carbonyl (C=O) groups is 1. The van der Waals surface area contributed by atoms with Gasteiger partial charge in [-0.25, -0.2) is 4.39 Å². The number of anilines is 1. The smallest absolute Gasteiger partial charge is 0.237 e. The monoisotopic (exact) mass is 482 g/mol. The summed E-state index contributed by atoms with van der Waals surface area (Å²) in [7, 11) is 0. The summed E-state index contributed by atoms with van der Waals surface area (Å²) in [5.41, 5.74) is 5.27. The molecule has 2 N–H and O–H groups in total. The summed E-state index contributed by atoms with van der Waals surface area (Å²) in [6.45, 7) is 1.43. The zero-order valence-corrected chi connectivity index (χ0v) is 20.3. The topological polar surface area (TPSA) is 57.3 Å². The molecule has 3 aromatic rings. The van der Waals surface area contributed by atoms with Crippen molar-refractivity contribution in [3.63, 3.8) is 0 Å². The molecule has 1 aromatic heterocycles. The second-order valence-corrected chi connectivity index (χ2v) is 11.5. The number of halogens is 1. The first kappa shape index (κ1) is 22.0. The van der Waals surface area contributed by atoms with Crippen LogP contribution in [-0.4, -0.2) is 33.4 Å². The van der Waals surface area contributed by atoms with E-state index >= 15 is 0 Å². The lowest BCUT2D eigenvalue weighted by Crippen LogP contribution is -2.53. The number of hydrogen-bond acceptors (Lipinski definition) is 4. The summed E-state index contributed by atoms with van der Waals surface area (Å²) in [6.07, 6.45) is 7.74. The Morgan fingerprint density at radius 3 is 2.72 bits per heavy atom. The lowest BCUT2D eigenvalue weighted by molar-refractivity contribution is -0.131. The molecule has 36 heavy (non-hydrogen) atoms. The number of benzene rings is 2. The number of pyridine rings is 1. The Morgan fingerprint density at radius 2 is 1.89 bits per heavy atom. The summed E-state index contributed by atoms with van der Waals surface area (Å²) in [6, 6.07) is 19.4. The van der Waals surface area contributed by atoms with Crippen molar-refractivity contribution in [3.05, 3.63) is 83.8 Å². The van der Waals surface area contributed by atoms with Crippen LogP contribution in [0.15, 0.2) is 66.9 Å². The zero-order chi connectivity index (χ0) is 24.3. The van der Waals surface area contributed by atoms with Crippen LogP contribution in [0, 0.1) is 17.7 Å². The van der Waals surface area contributed by atoms with Gasteiger partial charge in [0.05, 0.1) is 24.1 Å². The van der Waals surface area contributed by atoms with Crippen molar-refractivity contribution in [2.45, 2.75) is 56.3 Å². The van der Waals surface area contributed by atoms with Crippen LogP contribution in [0.1, 0.15) is 43.2 Å². The maximum absolute atomic E-state index is 13.6. The zero-order valence-electron chi connectivity index (χ0n) is 20.3. The van der Waals surface area contributed by atoms with Crippen LogP contribution in [0.2, 0.25) is 0 Å². The van der Waals surface area contributed by atoms with E-state index in [1.807, 2.05) is 29.3 Å². The highest BCUT2D eigenvalue weighted by molar-refractivity contribution is 5.79. The SMILES string of the molecule is O=C(CNC12CC3CC(C1)C(Nc1ccc(-c4ccccc4)nc1)(C3)C2)N1Cc2ccc(F)cc2C1. The van der Waals surface area contributed by atoms with E-state index < -0.39 is 0 Å². The van der Waals surface area contributed by atoms with E-state index in [2.05, 4.69) is 34.9 Å². The van der Waals surface area contributed by atoms with Crippen molar-refractivity contribution in [1.29, 1.82) is 0 Å². The number of amides is 1. The van der Waals surface area contributed by atoms with Gasteiger partial charge >= 0.3 is 0 Å². The normalized spacial score (nSPS) is 29.5. The molecule has 1 amide bonds. The van der Waals surface area contributed by atoms with E-state index in [1.54, 1.807) is 12.1 Å². The van der Waals surface area contributed by atoms with Crippen molar-refractivity contribution in [3.8, 4) is 11.3 Å². The largest absolute Gasteiger partial charge is 0.378 e. The highest BCUT2D eigenvalue weighted by atomic mass is 19.1. The third kappa shape index (κ3) is 3.70. The number of aromatic nitrogens is 1. The van der Waals surface area contributed by atoms with Crippen LogP contribution in [0.3, 0.4) is 0 Å². The van der Waals surface area contributed by atoms with Crippen molar-refractivity contribution in [2.75, 3.05) is 11.9 Å². The molecule has 1 aliphatic heterocycles. The minimum atomic E-state index is -0.235. The Morgan fingerprint density at radius 1 is 1.03 bits per heavy atom. The molecule has 5 nitrogen and oxygen atoms in total. The first-order chi connectivity index (χ1) is 17.5. The van der Waals surface area contributed by atoms with E-state index in [4.69, 9.17) is 4.98 Å². The van der Waals surface area contributed by atoms with Gasteiger partial charge in [0.2, 0.25) is 5.91 Å². The minimum Gasteiger partial charge on any atom is -0.378 e. The molecule has 0 radical (unpaired) electrons. The fourth-order valence-electron chi connectivity index (χ4n) is 7.75. The van der Waals surface area contributed by atoms with Crippen molar-refractivity contribution in [2.24, 2.45) is 11.8 Å². The van der Waals surface area contributed by atoms with E-state index in [9.17, 15) is 9.18 Å². The van der Waals surface area contributed by atoms with E-state index in [0.29, 0.717) is 31.5 Å². The van der Waals surface area contributed by atoms with Gasteiger partial charge in [0.15, 0.2) is 0 Å². The molecule has 4 bridgehead atoms. The second-order valence-electron chi connectivity index (χ2n) is 11.5. The fourth-order valence-corrected chi connectivity index (χ4v) is 7.75. The Bertz CT molecular complexity index is 1310. The van der Waals surface area contributed by atoms with Gasteiger partial charge in [0.25, 0.3) is 0 Å². The van der Waals surface area contributed by atoms with Crippen molar-refractivity contribution in [1.82, 2.24) is 15.2 Å². The molecule has 6 heteroatoms. The lowest BCUT2D eigenvalue weighted by atomic mass is 9.74. The van der Waals surface area contributed by atoms with Gasteiger partial charge < -0.3 is 15.5 Å². The highest BCUT2D eigenvalue weighted by Crippen LogP contribution is 2.63. The number of fused-ring (bicyclic) bond motifs is 1. The number of carbonyl (C=O) groups excluding carboxylic acids is 1. The fraction of sp³-hybridized carbons (Fsp3) is 0.400. The maximum Gasteiger partial charge on any atom is 0.237 e. The molecule has 2 heterocycles. The van der Waals surface area contributed by atoms with E-state index in [-0.39, 0.29) is 22.8 Å². The van der Waals surface area contributed by atoms with Gasteiger partial charge in [-0.2, -0.15) is 0 Å². The van der Waals surface area contributed by atoms with Crippen LogP contribution in [0.25, 0.3) is 11.3 Å². The third-order valence-corrected chi connectivity index (χ3v) is 9.11. The molecular weight excluding hydrogens is 451 g/mol. The first-order valence-electron chi connectivity index (χ1n) is 13.1. The van der Waals surface area contributed by atoms with Gasteiger partial charge in [-0.05, 0) is 79.3 Å². The maximum atomic E-state index is 13.6. The van der Waals surface area contributed by atoms with Crippen LogP contribution in [0.4, 0.5) is 10.1 Å². The molecule has 4 atom stereocenters. The lowest BCUT2D eigenvalue weighted by Gasteiger charge is -2.42. The van der Waals surface area contributed by atoms with Crippen LogP contribution in [-0.2, 0) is 17.9 Å². The van der Waals surface area contributed by atoms with Gasteiger partial charge in [0.1, 0.15) is 5.82 Å². The molecule has 4 fully saturated rings. The third-order valence-electron chi connectivity index (χ3n) is 9.11. The summed E-state index contributed by atoms with van der Waals surface area (Å²) < 4.78 is 13.6. The number of hydrogen-bond donors (Lipinski definition) is 2. The molecule has 4 saturated carbocycles. The van der Waals surface area contributed by atoms with E-state index in [1.165, 1.54) is 18.9 Å². The molecular formula is C30H31FN4O. The Kier molecular flexibility index (Phi) is 4.97. The molecule has 4 aliphatic carbocycles. The molecule has 0 saturated heterocycles. The predicted octanol–water partition coefficient (Wildman–Crippen LogP) is 5.13. The Balaban J connectivity index is 1.02. The molecule has 5 aliphatic rings. The molecule has 184 valence electrons. The molecule has 0 spiro atoms. The Labute approximate surface area is 211 Å². The van der Waals surface area contributed by atoms with Crippen LogP contribution < -0.4 is 10.6 Å². The summed E-state index contributed by atoms with van der Waals surface area (Å²) in [5.74, 6) is 1.18. The Hall–Kier alpha value is -3.25. The average molecular weight is 483 g/mol. The standard InChI is InChI=1S/C30H31FN4O/c31-25-7-6-22-17-35(18-23(22)11-25)28(36)16-33-29-12-20-10-24(14-29)30(13-20,19-29)34-26-8-9-27(32-15-26)21-4-2-1-3-5-21/h1-9,11,15,20,24,33-34H,10,12-14,16-19H2. The highest BCUT2D eigenvalue weighted by Gasteiger charge is 2.64. The first-order valence-corrected chi connectivity index (χ1v) is 13.1. The summed E-state index contributed by atoms with van der Waals surface area (Å²) >= 11 is 0. The molecule has 8 rings (SSSR count). The van der Waals surface area contributed by atoms with E-state index in [0.717, 1.165) is 47.3 Å². The molecule has 4 unspecified atom stereocenters. The quantitative estimate of drug-likeness (QED) is 0.511. The van der Waals surface area contributed by atoms with Crippen molar-refractivity contribution >= 4 is 11.6 Å². The predicted molar refractivity (Wildman–Crippen MR) is 137 cm³/mol. The van der Waals surface area contributed by atoms with Gasteiger partial charge in [0, 0.05) is 29.7 Å². The van der Waals surface area contributed by atoms with Gasteiger partial charge in [-0.3, -0.25) is 9.78 Å². The number of nitrogens with zero attached hydrogens (tertiary/aromatic N) is 2. The molecule has 2 aromatic carbocycles. The summed E-state index contributed by atoms with van der Waals surface area (Å²) in [4.78, 5) is 19.6.